The zero-order chi connectivity index (χ0) is 15.9. The van der Waals surface area contributed by atoms with Crippen molar-refractivity contribution < 1.29 is 14.3 Å². The lowest BCUT2D eigenvalue weighted by Crippen LogP contribution is -2.49. The largest absolute Gasteiger partial charge is 0.449 e. The zero-order valence-corrected chi connectivity index (χ0v) is 13.4. The van der Waals surface area contributed by atoms with Gasteiger partial charge < -0.3 is 9.64 Å². The number of carbonyl (C=O) groups excluding carboxylic acids is 2. The molecule has 4 nitrogen and oxygen atoms in total. The van der Waals surface area contributed by atoms with Crippen LogP contribution in [0.5, 0.6) is 0 Å². The normalized spacial score (nSPS) is 27.3. The minimum Gasteiger partial charge on any atom is -0.449 e. The van der Waals surface area contributed by atoms with Crippen LogP contribution in [0, 0.1) is 5.92 Å². The summed E-state index contributed by atoms with van der Waals surface area (Å²) in [6.45, 7) is 1.30. The number of amides is 1. The molecule has 1 unspecified atom stereocenters. The number of hydrogen-bond donors (Lipinski definition) is 0. The van der Waals surface area contributed by atoms with Gasteiger partial charge in [-0.15, -0.1) is 0 Å². The molecule has 1 saturated heterocycles. The van der Waals surface area contributed by atoms with Gasteiger partial charge in [-0.05, 0) is 37.7 Å². The molecule has 0 radical (unpaired) electrons. The number of carbonyl (C=O) groups is 2. The highest BCUT2D eigenvalue weighted by molar-refractivity contribution is 5.95. The number of piperidine rings is 1. The Kier molecular flexibility index (Phi) is 3.63. The van der Waals surface area contributed by atoms with Crippen molar-refractivity contribution >= 4 is 11.9 Å². The van der Waals surface area contributed by atoms with Crippen LogP contribution in [-0.2, 0) is 15.1 Å². The zero-order valence-electron chi connectivity index (χ0n) is 13.4. The van der Waals surface area contributed by atoms with Gasteiger partial charge in [0, 0.05) is 18.5 Å². The summed E-state index contributed by atoms with van der Waals surface area (Å²) in [5.74, 6) is 0.542. The van der Waals surface area contributed by atoms with Gasteiger partial charge in [-0.2, -0.15) is 0 Å². The van der Waals surface area contributed by atoms with Gasteiger partial charge in [0.05, 0.1) is 12.1 Å². The van der Waals surface area contributed by atoms with Crippen LogP contribution in [0.3, 0.4) is 0 Å². The van der Waals surface area contributed by atoms with Gasteiger partial charge in [-0.1, -0.05) is 31.0 Å². The number of likely N-dealkylation sites (tertiary alicyclic amines) is 1. The minimum atomic E-state index is -0.614. The van der Waals surface area contributed by atoms with Crippen LogP contribution >= 0.6 is 0 Å². The van der Waals surface area contributed by atoms with E-state index in [4.69, 9.17) is 4.74 Å². The molecule has 2 fully saturated rings. The molecule has 1 amide bonds. The fourth-order valence-electron chi connectivity index (χ4n) is 4.47. The summed E-state index contributed by atoms with van der Waals surface area (Å²) in [5.41, 5.74) is 1.01. The summed E-state index contributed by atoms with van der Waals surface area (Å²) in [6, 6.07) is 7.61. The van der Waals surface area contributed by atoms with E-state index < -0.39 is 5.60 Å². The summed E-state index contributed by atoms with van der Waals surface area (Å²) in [7, 11) is 0. The Morgan fingerprint density at radius 2 is 2.00 bits per heavy atom. The fraction of sp³-hybridized carbons (Fsp3) is 0.579. The average Bonchev–Trinajstić information content (AvgIpc) is 3.16. The van der Waals surface area contributed by atoms with E-state index in [2.05, 4.69) is 0 Å². The third-order valence-corrected chi connectivity index (χ3v) is 5.67. The quantitative estimate of drug-likeness (QED) is 0.787. The van der Waals surface area contributed by atoms with E-state index in [9.17, 15) is 9.59 Å². The second-order valence-corrected chi connectivity index (χ2v) is 7.20. The molecule has 122 valence electrons. The highest BCUT2D eigenvalue weighted by Gasteiger charge is 2.48. The Morgan fingerprint density at radius 1 is 1.22 bits per heavy atom. The molecule has 23 heavy (non-hydrogen) atoms. The molecule has 1 saturated carbocycles. The van der Waals surface area contributed by atoms with Crippen LogP contribution in [0.15, 0.2) is 24.3 Å². The molecule has 2 heterocycles. The van der Waals surface area contributed by atoms with E-state index in [1.54, 1.807) is 0 Å². The molecule has 1 aromatic rings. The Hall–Kier alpha value is -1.84. The van der Waals surface area contributed by atoms with Crippen LogP contribution in [0.1, 0.15) is 60.9 Å². The molecule has 4 heteroatoms. The van der Waals surface area contributed by atoms with E-state index in [0.717, 1.165) is 24.9 Å². The number of rotatable bonds is 2. The van der Waals surface area contributed by atoms with Crippen molar-refractivity contribution in [3.05, 3.63) is 35.4 Å². The first kappa shape index (κ1) is 14.7. The first-order valence-electron chi connectivity index (χ1n) is 8.79. The maximum atomic E-state index is 12.7. The Morgan fingerprint density at radius 3 is 2.83 bits per heavy atom. The first-order valence-corrected chi connectivity index (χ1v) is 8.79. The third kappa shape index (κ3) is 2.54. The predicted octanol–water partition coefficient (Wildman–Crippen LogP) is 3.26. The summed E-state index contributed by atoms with van der Waals surface area (Å²) < 4.78 is 5.78. The summed E-state index contributed by atoms with van der Waals surface area (Å²) >= 11 is 0. The molecule has 0 bridgehead atoms. The number of esters is 1. The van der Waals surface area contributed by atoms with Gasteiger partial charge in [0.1, 0.15) is 0 Å². The lowest BCUT2D eigenvalue weighted by Gasteiger charge is -2.40. The van der Waals surface area contributed by atoms with Crippen molar-refractivity contribution in [3.63, 3.8) is 0 Å². The van der Waals surface area contributed by atoms with Crippen molar-refractivity contribution in [1.82, 2.24) is 4.90 Å². The molecule has 1 aliphatic carbocycles. The summed E-state index contributed by atoms with van der Waals surface area (Å²) in [5, 5.41) is 0. The number of benzene rings is 1. The summed E-state index contributed by atoms with van der Waals surface area (Å²) in [4.78, 5) is 26.8. The van der Waals surface area contributed by atoms with Crippen molar-refractivity contribution in [2.45, 2.75) is 50.5 Å². The molecule has 1 spiro atoms. The monoisotopic (exact) mass is 313 g/mol. The third-order valence-electron chi connectivity index (χ3n) is 5.67. The number of nitrogens with zero attached hydrogens (tertiary/aromatic N) is 1. The minimum absolute atomic E-state index is 0.233. The molecule has 1 aromatic carbocycles. The molecule has 3 aliphatic rings. The van der Waals surface area contributed by atoms with Gasteiger partial charge in [0.25, 0.3) is 0 Å². The molecule has 4 rings (SSSR count). The van der Waals surface area contributed by atoms with Crippen LogP contribution in [0.2, 0.25) is 0 Å². The standard InChI is InChI=1S/C19H23NO3/c21-17(12-14-6-1-2-7-14)20-11-5-10-19(13-20)16-9-4-3-8-15(16)18(22)23-19/h3-4,8-9,14H,1-2,5-7,10-13H2. The highest BCUT2D eigenvalue weighted by atomic mass is 16.6. The lowest BCUT2D eigenvalue weighted by molar-refractivity contribution is -0.139. The van der Waals surface area contributed by atoms with E-state index in [1.807, 2.05) is 29.2 Å². The summed E-state index contributed by atoms with van der Waals surface area (Å²) in [6.07, 6.45) is 7.23. The number of ether oxygens (including phenoxy) is 1. The Bertz CT molecular complexity index is 635. The van der Waals surface area contributed by atoms with Crippen molar-refractivity contribution in [2.75, 3.05) is 13.1 Å². The fourth-order valence-corrected chi connectivity index (χ4v) is 4.47. The first-order chi connectivity index (χ1) is 11.2. The van der Waals surface area contributed by atoms with Gasteiger partial charge in [0.15, 0.2) is 5.60 Å². The molecule has 1 atom stereocenters. The maximum Gasteiger partial charge on any atom is 0.339 e. The van der Waals surface area contributed by atoms with Crippen LogP contribution in [0.4, 0.5) is 0 Å². The smallest absolute Gasteiger partial charge is 0.339 e. The molecular weight excluding hydrogens is 290 g/mol. The van der Waals surface area contributed by atoms with Crippen molar-refractivity contribution in [3.8, 4) is 0 Å². The van der Waals surface area contributed by atoms with Crippen molar-refractivity contribution in [2.24, 2.45) is 5.92 Å². The van der Waals surface area contributed by atoms with E-state index >= 15 is 0 Å². The van der Waals surface area contributed by atoms with Gasteiger partial charge >= 0.3 is 5.97 Å². The van der Waals surface area contributed by atoms with E-state index in [-0.39, 0.29) is 11.9 Å². The number of fused-ring (bicyclic) bond motifs is 2. The van der Waals surface area contributed by atoms with Gasteiger partial charge in [-0.25, -0.2) is 4.79 Å². The second kappa shape index (κ2) is 5.66. The van der Waals surface area contributed by atoms with Crippen molar-refractivity contribution in [1.29, 1.82) is 0 Å². The Balaban J connectivity index is 1.53. The van der Waals surface area contributed by atoms with Gasteiger partial charge in [-0.3, -0.25) is 4.79 Å². The molecular formula is C19H23NO3. The van der Waals surface area contributed by atoms with Gasteiger partial charge in [0.2, 0.25) is 5.91 Å². The van der Waals surface area contributed by atoms with Crippen LogP contribution in [-0.4, -0.2) is 29.9 Å². The predicted molar refractivity (Wildman–Crippen MR) is 85.9 cm³/mol. The topological polar surface area (TPSA) is 46.6 Å². The van der Waals surface area contributed by atoms with E-state index in [0.29, 0.717) is 24.4 Å². The maximum absolute atomic E-state index is 12.7. The average molecular weight is 313 g/mol. The van der Waals surface area contributed by atoms with E-state index in [1.165, 1.54) is 25.7 Å². The second-order valence-electron chi connectivity index (χ2n) is 7.20. The lowest BCUT2D eigenvalue weighted by atomic mass is 9.84. The SMILES string of the molecule is O=C1OC2(CCCN(C(=O)CC3CCCC3)C2)c2ccccc21. The molecule has 2 aliphatic heterocycles. The van der Waals surface area contributed by atoms with Crippen LogP contribution < -0.4 is 0 Å². The molecule has 0 N–H and O–H groups in total. The van der Waals surface area contributed by atoms with Crippen LogP contribution in [0.25, 0.3) is 0 Å². The Labute approximate surface area is 136 Å². The number of hydrogen-bond acceptors (Lipinski definition) is 3. The highest BCUT2D eigenvalue weighted by Crippen LogP contribution is 2.43. The molecule has 0 aromatic heterocycles.